The highest BCUT2D eigenvalue weighted by molar-refractivity contribution is 6.64. The maximum atomic E-state index is 6.10. The zero-order chi connectivity index (χ0) is 18.0. The van der Waals surface area contributed by atoms with Gasteiger partial charge in [-0.1, -0.05) is 74.5 Å². The number of hydrogen-bond acceptors (Lipinski definition) is 3. The summed E-state index contributed by atoms with van der Waals surface area (Å²) in [5.74, 6) is 0.879. The minimum Gasteiger partial charge on any atom is -0.488 e. The summed E-state index contributed by atoms with van der Waals surface area (Å²) in [5.41, 5.74) is 2.27. The van der Waals surface area contributed by atoms with E-state index in [9.17, 15) is 0 Å². The second kappa shape index (κ2) is 7.14. The quantitative estimate of drug-likeness (QED) is 0.663. The van der Waals surface area contributed by atoms with Gasteiger partial charge < -0.3 is 14.0 Å². The fraction of sp³-hybridized carbons (Fsp3) is 0.273. The lowest BCUT2D eigenvalue weighted by Crippen LogP contribution is -2.47. The van der Waals surface area contributed by atoms with E-state index in [-0.39, 0.29) is 12.5 Å². The van der Waals surface area contributed by atoms with E-state index in [0.717, 1.165) is 27.5 Å². The first-order valence-electron chi connectivity index (χ1n) is 9.04. The number of rotatable bonds is 4. The zero-order valence-corrected chi connectivity index (χ0v) is 15.3. The molecule has 26 heavy (non-hydrogen) atoms. The lowest BCUT2D eigenvalue weighted by molar-refractivity contribution is 0.0344. The van der Waals surface area contributed by atoms with Crippen LogP contribution >= 0.6 is 0 Å². The molecule has 0 N–H and O–H groups in total. The average molecular weight is 346 g/mol. The maximum absolute atomic E-state index is 6.10. The van der Waals surface area contributed by atoms with Crippen LogP contribution < -0.4 is 10.2 Å². The van der Waals surface area contributed by atoms with Crippen molar-refractivity contribution >= 4 is 23.4 Å². The maximum Gasteiger partial charge on any atom is 0.494 e. The molecule has 0 atom stereocenters. The summed E-state index contributed by atoms with van der Waals surface area (Å²) in [4.78, 5) is 0. The summed E-state index contributed by atoms with van der Waals surface area (Å²) >= 11 is 0. The van der Waals surface area contributed by atoms with Gasteiger partial charge in [0.1, 0.15) is 12.4 Å². The van der Waals surface area contributed by atoms with Crippen molar-refractivity contribution in [1.82, 2.24) is 0 Å². The van der Waals surface area contributed by atoms with Crippen molar-refractivity contribution in [1.29, 1.82) is 0 Å². The predicted octanol–water partition coefficient (Wildman–Crippen LogP) is 4.19. The molecule has 0 aliphatic carbocycles. The largest absolute Gasteiger partial charge is 0.494 e. The summed E-state index contributed by atoms with van der Waals surface area (Å²) in [6.07, 6.45) is 0. The van der Waals surface area contributed by atoms with Crippen LogP contribution in [0.2, 0.25) is 0 Å². The normalized spacial score (nSPS) is 16.6. The second-order valence-corrected chi connectivity index (χ2v) is 7.59. The third-order valence-electron chi connectivity index (χ3n) is 4.66. The number of benzene rings is 3. The predicted molar refractivity (Wildman–Crippen MR) is 106 cm³/mol. The topological polar surface area (TPSA) is 27.7 Å². The Balaban J connectivity index is 1.61. The Morgan fingerprint density at radius 2 is 1.54 bits per heavy atom. The van der Waals surface area contributed by atoms with E-state index in [0.29, 0.717) is 19.8 Å². The molecule has 0 spiro atoms. The second-order valence-electron chi connectivity index (χ2n) is 7.59. The molecule has 3 nitrogen and oxygen atoms in total. The molecule has 3 aromatic rings. The third-order valence-corrected chi connectivity index (χ3v) is 4.66. The summed E-state index contributed by atoms with van der Waals surface area (Å²) in [5, 5.41) is 2.20. The van der Waals surface area contributed by atoms with E-state index in [1.165, 1.54) is 0 Å². The molecule has 0 bridgehead atoms. The van der Waals surface area contributed by atoms with Crippen LogP contribution in [0.25, 0.3) is 10.8 Å². The van der Waals surface area contributed by atoms with Crippen LogP contribution in [-0.2, 0) is 15.9 Å². The Kier molecular flexibility index (Phi) is 4.71. The molecule has 0 amide bonds. The van der Waals surface area contributed by atoms with Gasteiger partial charge in [0.25, 0.3) is 0 Å². The van der Waals surface area contributed by atoms with E-state index < -0.39 is 0 Å². The van der Waals surface area contributed by atoms with E-state index in [1.807, 2.05) is 36.4 Å². The van der Waals surface area contributed by atoms with E-state index in [4.69, 9.17) is 14.0 Å². The summed E-state index contributed by atoms with van der Waals surface area (Å²) in [7, 11) is -0.323. The SMILES string of the molecule is CC1(C)COB(c2cccc3c(OCc4ccccc4)cccc23)OC1. The van der Waals surface area contributed by atoms with E-state index in [1.54, 1.807) is 0 Å². The van der Waals surface area contributed by atoms with Gasteiger partial charge in [-0.3, -0.25) is 0 Å². The Bertz CT molecular complexity index is 882. The highest BCUT2D eigenvalue weighted by Crippen LogP contribution is 2.27. The van der Waals surface area contributed by atoms with Gasteiger partial charge in [-0.05, 0) is 22.5 Å². The lowest BCUT2D eigenvalue weighted by atomic mass is 9.73. The van der Waals surface area contributed by atoms with E-state index in [2.05, 4.69) is 44.2 Å². The third kappa shape index (κ3) is 3.62. The molecule has 132 valence electrons. The van der Waals surface area contributed by atoms with Crippen LogP contribution in [0, 0.1) is 5.41 Å². The Labute approximate surface area is 155 Å². The minimum absolute atomic E-state index is 0.0606. The van der Waals surface area contributed by atoms with Crippen molar-refractivity contribution in [2.75, 3.05) is 13.2 Å². The first-order valence-corrected chi connectivity index (χ1v) is 9.04. The first-order chi connectivity index (χ1) is 12.6. The Morgan fingerprint density at radius 3 is 2.31 bits per heavy atom. The van der Waals surface area contributed by atoms with Gasteiger partial charge in [0.15, 0.2) is 0 Å². The van der Waals surface area contributed by atoms with Gasteiger partial charge in [0.05, 0.1) is 0 Å². The number of fused-ring (bicyclic) bond motifs is 1. The van der Waals surface area contributed by atoms with Crippen LogP contribution in [0.5, 0.6) is 5.75 Å². The minimum atomic E-state index is -0.323. The molecule has 0 radical (unpaired) electrons. The molecule has 0 unspecified atom stereocenters. The summed E-state index contributed by atoms with van der Waals surface area (Å²) < 4.78 is 18.1. The van der Waals surface area contributed by atoms with Crippen molar-refractivity contribution in [3.05, 3.63) is 72.3 Å². The average Bonchev–Trinajstić information content (AvgIpc) is 2.67. The standard InChI is InChI=1S/C22H23BO3/c1-22(2)15-25-23(26-16-22)20-12-6-11-19-18(20)10-7-13-21(19)24-14-17-8-4-3-5-9-17/h3-13H,14-16H2,1-2H3. The van der Waals surface area contributed by atoms with Crippen LogP contribution in [0.1, 0.15) is 19.4 Å². The fourth-order valence-corrected chi connectivity index (χ4v) is 3.24. The van der Waals surface area contributed by atoms with Crippen molar-refractivity contribution in [2.45, 2.75) is 20.5 Å². The lowest BCUT2D eigenvalue weighted by Gasteiger charge is -2.33. The molecule has 1 aliphatic rings. The van der Waals surface area contributed by atoms with Crippen LogP contribution in [0.4, 0.5) is 0 Å². The number of ether oxygens (including phenoxy) is 1. The summed E-state index contributed by atoms with van der Waals surface area (Å²) in [6.45, 7) is 6.25. The van der Waals surface area contributed by atoms with Crippen LogP contribution in [0.15, 0.2) is 66.7 Å². The highest BCUT2D eigenvalue weighted by atomic mass is 16.6. The molecule has 3 aromatic carbocycles. The summed E-state index contributed by atoms with van der Waals surface area (Å²) in [6, 6.07) is 22.6. The van der Waals surface area contributed by atoms with Crippen molar-refractivity contribution < 1.29 is 14.0 Å². The van der Waals surface area contributed by atoms with Crippen molar-refractivity contribution in [3.63, 3.8) is 0 Å². The first kappa shape index (κ1) is 17.1. The molecular weight excluding hydrogens is 323 g/mol. The van der Waals surface area contributed by atoms with Crippen molar-refractivity contribution in [3.8, 4) is 5.75 Å². The van der Waals surface area contributed by atoms with Crippen LogP contribution in [-0.4, -0.2) is 20.3 Å². The molecule has 1 heterocycles. The fourth-order valence-electron chi connectivity index (χ4n) is 3.24. The van der Waals surface area contributed by atoms with Gasteiger partial charge in [-0.15, -0.1) is 0 Å². The van der Waals surface area contributed by atoms with Crippen molar-refractivity contribution in [2.24, 2.45) is 5.41 Å². The van der Waals surface area contributed by atoms with E-state index >= 15 is 0 Å². The number of hydrogen-bond donors (Lipinski definition) is 0. The molecule has 0 aromatic heterocycles. The Morgan fingerprint density at radius 1 is 0.846 bits per heavy atom. The monoisotopic (exact) mass is 346 g/mol. The van der Waals surface area contributed by atoms with Gasteiger partial charge in [0.2, 0.25) is 0 Å². The van der Waals surface area contributed by atoms with Crippen LogP contribution in [0.3, 0.4) is 0 Å². The smallest absolute Gasteiger partial charge is 0.488 e. The van der Waals surface area contributed by atoms with Gasteiger partial charge >= 0.3 is 7.12 Å². The van der Waals surface area contributed by atoms with Gasteiger partial charge in [-0.25, -0.2) is 0 Å². The zero-order valence-electron chi connectivity index (χ0n) is 15.3. The van der Waals surface area contributed by atoms with Gasteiger partial charge in [-0.2, -0.15) is 0 Å². The molecule has 1 fully saturated rings. The Hall–Kier alpha value is -2.30. The molecular formula is C22H23BO3. The molecule has 1 aliphatic heterocycles. The molecule has 4 heteroatoms. The molecule has 4 rings (SSSR count). The van der Waals surface area contributed by atoms with Gasteiger partial charge in [0, 0.05) is 24.0 Å². The highest BCUT2D eigenvalue weighted by Gasteiger charge is 2.34. The molecule has 0 saturated carbocycles. The molecule has 1 saturated heterocycles.